The highest BCUT2D eigenvalue weighted by atomic mass is 31.2. The maximum absolute atomic E-state index is 12.8. The topological polar surface area (TPSA) is 134 Å². The first kappa shape index (κ1) is 86.1. The number of phosphoric ester groups is 1. The fourth-order valence-electron chi connectivity index (χ4n) is 9.52. The average molecular weight is 1280 g/mol. The van der Waals surface area contributed by atoms with E-state index in [9.17, 15) is 19.0 Å². The van der Waals surface area contributed by atoms with E-state index in [2.05, 4.69) is 196 Å². The number of hydrogen-bond acceptors (Lipinski definition) is 8. The fourth-order valence-corrected chi connectivity index (χ4v) is 10.3. The summed E-state index contributed by atoms with van der Waals surface area (Å²) in [6.07, 6.45) is 111. The van der Waals surface area contributed by atoms with Gasteiger partial charge in [0.25, 0.3) is 0 Å². The van der Waals surface area contributed by atoms with Crippen LogP contribution >= 0.6 is 7.82 Å². The van der Waals surface area contributed by atoms with Crippen molar-refractivity contribution in [1.29, 1.82) is 0 Å². The highest BCUT2D eigenvalue weighted by Crippen LogP contribution is 2.43. The van der Waals surface area contributed by atoms with Crippen LogP contribution in [0.15, 0.2) is 182 Å². The van der Waals surface area contributed by atoms with Gasteiger partial charge in [0.2, 0.25) is 0 Å². The smallest absolute Gasteiger partial charge is 0.462 e. The van der Waals surface area contributed by atoms with E-state index in [0.29, 0.717) is 6.42 Å². The summed E-state index contributed by atoms with van der Waals surface area (Å²) < 4.78 is 33.2. The van der Waals surface area contributed by atoms with Gasteiger partial charge in [0.1, 0.15) is 6.61 Å². The summed E-state index contributed by atoms with van der Waals surface area (Å²) >= 11 is 0. The zero-order valence-electron chi connectivity index (χ0n) is 57.8. The van der Waals surface area contributed by atoms with E-state index < -0.39 is 32.5 Å². The lowest BCUT2D eigenvalue weighted by Gasteiger charge is -2.19. The highest BCUT2D eigenvalue weighted by molar-refractivity contribution is 7.47. The third-order valence-corrected chi connectivity index (χ3v) is 15.8. The molecule has 91 heavy (non-hydrogen) atoms. The number of allylic oxidation sites excluding steroid dienone is 30. The molecule has 2 atom stereocenters. The van der Waals surface area contributed by atoms with Crippen LogP contribution in [-0.4, -0.2) is 49.3 Å². The van der Waals surface area contributed by atoms with Crippen LogP contribution in [0.25, 0.3) is 0 Å². The van der Waals surface area contributed by atoms with Gasteiger partial charge in [-0.2, -0.15) is 0 Å². The molecule has 0 aromatic heterocycles. The third-order valence-electron chi connectivity index (χ3n) is 14.8. The lowest BCUT2D eigenvalue weighted by molar-refractivity contribution is -0.161. The molecule has 0 fully saturated rings. The lowest BCUT2D eigenvalue weighted by atomic mass is 10.0. The summed E-state index contributed by atoms with van der Waals surface area (Å²) in [4.78, 5) is 35.4. The largest absolute Gasteiger partial charge is 0.472 e. The second-order valence-electron chi connectivity index (χ2n) is 23.3. The number of carbonyl (C=O) groups excluding carboxylic acids is 2. The summed E-state index contributed by atoms with van der Waals surface area (Å²) in [5.74, 6) is -0.862. The molecule has 0 rings (SSSR count). The van der Waals surface area contributed by atoms with Crippen LogP contribution in [0, 0.1) is 0 Å². The van der Waals surface area contributed by atoms with Crippen molar-refractivity contribution in [3.63, 3.8) is 0 Å². The van der Waals surface area contributed by atoms with Crippen LogP contribution in [0.2, 0.25) is 0 Å². The zero-order valence-corrected chi connectivity index (χ0v) is 58.6. The Kier molecular flexibility index (Phi) is 70.2. The molecule has 9 nitrogen and oxygen atoms in total. The molecule has 0 heterocycles. The summed E-state index contributed by atoms with van der Waals surface area (Å²) in [7, 11) is -4.41. The molecule has 0 spiro atoms. The molecule has 10 heteroatoms. The number of ether oxygens (including phenoxy) is 2. The molecule has 3 N–H and O–H groups in total. The van der Waals surface area contributed by atoms with E-state index in [0.717, 1.165) is 141 Å². The normalized spacial score (nSPS) is 14.0. The quantitative estimate of drug-likeness (QED) is 0.0264. The van der Waals surface area contributed by atoms with Crippen LogP contribution in [0.4, 0.5) is 0 Å². The molecule has 0 aliphatic heterocycles. The number of phosphoric acid groups is 1. The Labute approximate surface area is 558 Å². The Balaban J connectivity index is 3.97. The van der Waals surface area contributed by atoms with Crippen LogP contribution in [0.1, 0.15) is 284 Å². The van der Waals surface area contributed by atoms with E-state index in [4.69, 9.17) is 24.3 Å². The molecule has 0 aromatic rings. The SMILES string of the molecule is CC/C=C\C/C=C\C/C=C\C/C=C\C/C=C\C/C=C\C/C=C\C/C=C\C/C=C\C/C=C\CCCCCCC(=O)OC(COC(=O)CCCCCCCCCCCCCCCCCCCCC/C=C\C/C=C\C/C=C\C/C=C\C/C=C\CC)COP(=O)(O)OCCN. The molecule has 0 aliphatic carbocycles. The summed E-state index contributed by atoms with van der Waals surface area (Å²) in [6, 6.07) is 0. The first-order valence-electron chi connectivity index (χ1n) is 36.3. The number of unbranched alkanes of at least 4 members (excludes halogenated alkanes) is 23. The van der Waals surface area contributed by atoms with Crippen LogP contribution in [0.3, 0.4) is 0 Å². The molecule has 0 saturated heterocycles. The number of carbonyl (C=O) groups is 2. The van der Waals surface area contributed by atoms with Crippen molar-refractivity contribution in [3.05, 3.63) is 182 Å². The Morgan fingerprint density at radius 2 is 0.571 bits per heavy atom. The van der Waals surface area contributed by atoms with Crippen LogP contribution in [0.5, 0.6) is 0 Å². The molecule has 0 radical (unpaired) electrons. The molecule has 2 unspecified atom stereocenters. The van der Waals surface area contributed by atoms with Crippen LogP contribution in [-0.2, 0) is 32.7 Å². The van der Waals surface area contributed by atoms with Crippen molar-refractivity contribution in [3.8, 4) is 0 Å². The lowest BCUT2D eigenvalue weighted by Crippen LogP contribution is -2.29. The summed E-state index contributed by atoms with van der Waals surface area (Å²) in [5, 5.41) is 0. The van der Waals surface area contributed by atoms with Gasteiger partial charge in [0.05, 0.1) is 13.2 Å². The molecule has 0 aliphatic rings. The first-order valence-corrected chi connectivity index (χ1v) is 37.8. The Hall–Kier alpha value is -4.89. The number of hydrogen-bond donors (Lipinski definition) is 2. The predicted octanol–water partition coefficient (Wildman–Crippen LogP) is 24.3. The zero-order chi connectivity index (χ0) is 65.8. The van der Waals surface area contributed by atoms with Crippen molar-refractivity contribution in [2.75, 3.05) is 26.4 Å². The number of nitrogens with two attached hydrogens (primary N) is 1. The minimum Gasteiger partial charge on any atom is -0.462 e. The standard InChI is InChI=1S/C81H132NO8P/c1-3-5-7-9-11-13-15-17-19-21-23-25-27-29-31-33-35-37-39-41-43-45-47-49-51-53-55-57-59-61-63-65-67-69-71-73-80(83)87-77-79(78-89-91(85,86)88-76-75-82)90-81(84)74-72-70-68-66-64-62-60-58-56-54-52-50-48-46-44-42-40-38-36-34-32-30-28-26-24-22-20-18-16-14-12-10-8-6-4-2/h5-8,11-14,17-20,23-26,29-32,36,38,42,44,48,50,54,56,60,62,79H,3-4,9-10,15-16,21-22,27-28,33-35,37,39-41,43,45-47,49,51-53,55,57-59,61,63-78,82H2,1-2H3,(H,85,86)/b7-5-,8-6-,13-11-,14-12-,19-17-,20-18-,25-23-,26-24-,31-29-,32-30-,38-36-,44-42-,50-48-,56-54-,62-60-. The molecular formula is C81H132NO8P. The van der Waals surface area contributed by atoms with Gasteiger partial charge in [0.15, 0.2) is 6.10 Å². The monoisotopic (exact) mass is 1280 g/mol. The minimum atomic E-state index is -4.41. The van der Waals surface area contributed by atoms with Crippen molar-refractivity contribution in [1.82, 2.24) is 0 Å². The Morgan fingerprint density at radius 3 is 0.846 bits per heavy atom. The molecule has 0 saturated carbocycles. The second kappa shape index (κ2) is 74.2. The van der Waals surface area contributed by atoms with Gasteiger partial charge in [-0.25, -0.2) is 4.57 Å². The molecular weight excluding hydrogens is 1150 g/mol. The maximum Gasteiger partial charge on any atom is 0.472 e. The number of rotatable bonds is 66. The van der Waals surface area contributed by atoms with Gasteiger partial charge >= 0.3 is 19.8 Å². The third kappa shape index (κ3) is 74.0. The van der Waals surface area contributed by atoms with Crippen molar-refractivity contribution in [2.45, 2.75) is 290 Å². The first-order chi connectivity index (χ1) is 44.8. The van der Waals surface area contributed by atoms with Crippen molar-refractivity contribution < 1.29 is 37.6 Å². The van der Waals surface area contributed by atoms with E-state index >= 15 is 0 Å². The van der Waals surface area contributed by atoms with E-state index in [1.807, 2.05) is 0 Å². The van der Waals surface area contributed by atoms with Gasteiger partial charge in [-0.05, 0) is 135 Å². The van der Waals surface area contributed by atoms with E-state index in [-0.39, 0.29) is 32.6 Å². The summed E-state index contributed by atoms with van der Waals surface area (Å²) in [6.45, 7) is 3.49. The minimum absolute atomic E-state index is 0.0407. The van der Waals surface area contributed by atoms with Gasteiger partial charge in [-0.3, -0.25) is 18.6 Å². The average Bonchev–Trinajstić information content (AvgIpc) is 3.68. The van der Waals surface area contributed by atoms with E-state index in [1.165, 1.54) is 109 Å². The fraction of sp³-hybridized carbons (Fsp3) is 0.605. The summed E-state index contributed by atoms with van der Waals surface area (Å²) in [5.41, 5.74) is 5.40. The van der Waals surface area contributed by atoms with Gasteiger partial charge in [0, 0.05) is 19.4 Å². The van der Waals surface area contributed by atoms with Crippen molar-refractivity contribution >= 4 is 19.8 Å². The Morgan fingerprint density at radius 1 is 0.330 bits per heavy atom. The Bertz CT molecular complexity index is 2150. The van der Waals surface area contributed by atoms with Gasteiger partial charge in [-0.1, -0.05) is 318 Å². The highest BCUT2D eigenvalue weighted by Gasteiger charge is 2.26. The maximum atomic E-state index is 12.8. The second-order valence-corrected chi connectivity index (χ2v) is 24.8. The van der Waals surface area contributed by atoms with Crippen LogP contribution < -0.4 is 5.73 Å². The van der Waals surface area contributed by atoms with Gasteiger partial charge in [-0.15, -0.1) is 0 Å². The molecule has 0 amide bonds. The van der Waals surface area contributed by atoms with E-state index in [1.54, 1.807) is 0 Å². The predicted molar refractivity (Wildman–Crippen MR) is 394 cm³/mol. The van der Waals surface area contributed by atoms with Gasteiger partial charge < -0.3 is 20.1 Å². The molecule has 514 valence electrons. The molecule has 0 bridgehead atoms. The number of esters is 2. The molecule has 0 aromatic carbocycles. The van der Waals surface area contributed by atoms with Crippen molar-refractivity contribution in [2.24, 2.45) is 5.73 Å².